The van der Waals surface area contributed by atoms with E-state index in [0.717, 1.165) is 19.4 Å². The monoisotopic (exact) mass is 245 g/mol. The number of nitrogens with zero attached hydrogens (tertiary/aromatic N) is 2. The molecule has 0 aliphatic carbocycles. The number of halogens is 1. The van der Waals surface area contributed by atoms with Crippen LogP contribution >= 0.6 is 11.6 Å². The van der Waals surface area contributed by atoms with Crippen molar-refractivity contribution in [3.8, 4) is 0 Å². The standard InChI is InChI=1S/C9H12ClN3OS/c10-9-12-5-3-8(13-9)15(14)6-7-2-1-4-11-7/h3,5,7,11H,1-2,4,6H2/t7-,15-/m0/s1. The first-order valence-electron chi connectivity index (χ1n) is 4.86. The van der Waals surface area contributed by atoms with Crippen molar-refractivity contribution in [1.29, 1.82) is 0 Å². The molecule has 6 heteroatoms. The molecule has 2 heterocycles. The lowest BCUT2D eigenvalue weighted by Gasteiger charge is -2.08. The van der Waals surface area contributed by atoms with Crippen LogP contribution in [0.4, 0.5) is 0 Å². The van der Waals surface area contributed by atoms with Crippen molar-refractivity contribution in [2.75, 3.05) is 12.3 Å². The van der Waals surface area contributed by atoms with E-state index in [-0.39, 0.29) is 5.28 Å². The van der Waals surface area contributed by atoms with Crippen LogP contribution in [0, 0.1) is 0 Å². The van der Waals surface area contributed by atoms with Gasteiger partial charge in [-0.3, -0.25) is 4.21 Å². The molecule has 1 aromatic rings. The summed E-state index contributed by atoms with van der Waals surface area (Å²) in [5.41, 5.74) is 0. The fourth-order valence-corrected chi connectivity index (χ4v) is 3.03. The lowest BCUT2D eigenvalue weighted by molar-refractivity contribution is 0.641. The largest absolute Gasteiger partial charge is 0.313 e. The Kier molecular flexibility index (Phi) is 3.66. The summed E-state index contributed by atoms with van der Waals surface area (Å²) in [5, 5.41) is 3.97. The number of aromatic nitrogens is 2. The van der Waals surface area contributed by atoms with Crippen molar-refractivity contribution >= 4 is 22.4 Å². The summed E-state index contributed by atoms with van der Waals surface area (Å²) in [6.45, 7) is 1.02. The molecule has 0 aromatic carbocycles. The summed E-state index contributed by atoms with van der Waals surface area (Å²) in [4.78, 5) is 7.70. The van der Waals surface area contributed by atoms with Gasteiger partial charge in [0.25, 0.3) is 0 Å². The summed E-state index contributed by atoms with van der Waals surface area (Å²) in [5.74, 6) is 0.605. The molecule has 2 atom stereocenters. The molecule has 4 nitrogen and oxygen atoms in total. The zero-order valence-corrected chi connectivity index (χ0v) is 9.72. The number of hydrogen-bond acceptors (Lipinski definition) is 4. The molecule has 82 valence electrons. The van der Waals surface area contributed by atoms with E-state index in [9.17, 15) is 4.21 Å². The second-order valence-corrected chi connectivity index (χ2v) is 5.25. The lowest BCUT2D eigenvalue weighted by Crippen LogP contribution is -2.27. The normalized spacial score (nSPS) is 22.9. The van der Waals surface area contributed by atoms with Crippen LogP contribution in [0.5, 0.6) is 0 Å². The van der Waals surface area contributed by atoms with Gasteiger partial charge >= 0.3 is 0 Å². The highest BCUT2D eigenvalue weighted by molar-refractivity contribution is 7.85. The van der Waals surface area contributed by atoms with Crippen LogP contribution in [0.2, 0.25) is 5.28 Å². The van der Waals surface area contributed by atoms with Gasteiger partial charge in [0.05, 0.1) is 10.8 Å². The summed E-state index contributed by atoms with van der Waals surface area (Å²) >= 11 is 5.63. The minimum Gasteiger partial charge on any atom is -0.313 e. The van der Waals surface area contributed by atoms with E-state index in [2.05, 4.69) is 15.3 Å². The number of hydrogen-bond donors (Lipinski definition) is 1. The van der Waals surface area contributed by atoms with Gasteiger partial charge in [-0.1, -0.05) is 0 Å². The quantitative estimate of drug-likeness (QED) is 0.638. The Morgan fingerprint density at radius 3 is 3.20 bits per heavy atom. The predicted molar refractivity (Wildman–Crippen MR) is 59.3 cm³/mol. The molecule has 15 heavy (non-hydrogen) atoms. The average molecular weight is 246 g/mol. The molecule has 1 aliphatic rings. The second kappa shape index (κ2) is 5.01. The Morgan fingerprint density at radius 2 is 2.53 bits per heavy atom. The summed E-state index contributed by atoms with van der Waals surface area (Å²) < 4.78 is 11.9. The molecule has 1 N–H and O–H groups in total. The summed E-state index contributed by atoms with van der Waals surface area (Å²) in [6, 6.07) is 2.00. The molecular weight excluding hydrogens is 234 g/mol. The molecule has 0 radical (unpaired) electrons. The Hall–Kier alpha value is -0.520. The van der Waals surface area contributed by atoms with Crippen LogP contribution < -0.4 is 5.32 Å². The Morgan fingerprint density at radius 1 is 1.67 bits per heavy atom. The van der Waals surface area contributed by atoms with Crippen LogP contribution in [-0.2, 0) is 10.8 Å². The fraction of sp³-hybridized carbons (Fsp3) is 0.556. The minimum absolute atomic E-state index is 0.153. The van der Waals surface area contributed by atoms with E-state index in [1.54, 1.807) is 6.07 Å². The van der Waals surface area contributed by atoms with Crippen LogP contribution in [-0.4, -0.2) is 32.5 Å². The topological polar surface area (TPSA) is 54.9 Å². The third kappa shape index (κ3) is 2.96. The molecule has 1 saturated heterocycles. The van der Waals surface area contributed by atoms with Crippen molar-refractivity contribution in [3.05, 3.63) is 17.5 Å². The van der Waals surface area contributed by atoms with Crippen LogP contribution in [0.3, 0.4) is 0 Å². The van der Waals surface area contributed by atoms with Gasteiger partial charge in [0.1, 0.15) is 5.03 Å². The van der Waals surface area contributed by atoms with Gasteiger partial charge in [-0.25, -0.2) is 9.97 Å². The van der Waals surface area contributed by atoms with Crippen molar-refractivity contribution in [3.63, 3.8) is 0 Å². The molecule has 0 bridgehead atoms. The first-order chi connectivity index (χ1) is 7.25. The molecule has 0 unspecified atom stereocenters. The average Bonchev–Trinajstić information content (AvgIpc) is 2.70. The van der Waals surface area contributed by atoms with Crippen LogP contribution in [0.1, 0.15) is 12.8 Å². The molecule has 0 amide bonds. The molecule has 1 fully saturated rings. The van der Waals surface area contributed by atoms with E-state index in [4.69, 9.17) is 11.6 Å². The molecule has 1 aromatic heterocycles. The SMILES string of the molecule is O=[S@@](C[C@@H]1CCCN1)c1ccnc(Cl)n1. The van der Waals surface area contributed by atoms with E-state index in [1.807, 2.05) is 0 Å². The zero-order chi connectivity index (χ0) is 10.7. The fourth-order valence-electron chi connectivity index (χ4n) is 1.61. The van der Waals surface area contributed by atoms with Gasteiger partial charge in [-0.15, -0.1) is 0 Å². The first kappa shape index (κ1) is 11.0. The smallest absolute Gasteiger partial charge is 0.223 e. The molecular formula is C9H12ClN3OS. The van der Waals surface area contributed by atoms with E-state index < -0.39 is 10.8 Å². The van der Waals surface area contributed by atoms with Gasteiger partial charge < -0.3 is 5.32 Å². The summed E-state index contributed by atoms with van der Waals surface area (Å²) in [6.07, 6.45) is 3.78. The first-order valence-corrected chi connectivity index (χ1v) is 6.56. The van der Waals surface area contributed by atoms with E-state index in [1.165, 1.54) is 6.20 Å². The van der Waals surface area contributed by atoms with Crippen molar-refractivity contribution in [1.82, 2.24) is 15.3 Å². The van der Waals surface area contributed by atoms with Crippen LogP contribution in [0.25, 0.3) is 0 Å². The Balaban J connectivity index is 2.01. The van der Waals surface area contributed by atoms with Gasteiger partial charge in [-0.2, -0.15) is 0 Å². The van der Waals surface area contributed by atoms with Crippen LogP contribution in [0.15, 0.2) is 17.3 Å². The molecule has 1 aliphatic heterocycles. The maximum atomic E-state index is 11.9. The molecule has 0 saturated carbocycles. The predicted octanol–water partition coefficient (Wildman–Crippen LogP) is 0.990. The van der Waals surface area contributed by atoms with Gasteiger partial charge in [-0.05, 0) is 37.1 Å². The molecule has 0 spiro atoms. The second-order valence-electron chi connectivity index (χ2n) is 3.47. The zero-order valence-electron chi connectivity index (χ0n) is 8.15. The Labute approximate surface area is 95.9 Å². The highest BCUT2D eigenvalue weighted by atomic mass is 35.5. The highest BCUT2D eigenvalue weighted by Gasteiger charge is 2.18. The third-order valence-corrected chi connectivity index (χ3v) is 3.93. The maximum absolute atomic E-state index is 11.9. The minimum atomic E-state index is -1.08. The third-order valence-electron chi connectivity index (χ3n) is 2.35. The number of rotatable bonds is 3. The van der Waals surface area contributed by atoms with E-state index in [0.29, 0.717) is 16.8 Å². The maximum Gasteiger partial charge on any atom is 0.223 e. The van der Waals surface area contributed by atoms with Gasteiger partial charge in [0.2, 0.25) is 5.28 Å². The summed E-state index contributed by atoms with van der Waals surface area (Å²) in [7, 11) is -1.08. The van der Waals surface area contributed by atoms with Crippen molar-refractivity contribution in [2.24, 2.45) is 0 Å². The van der Waals surface area contributed by atoms with Gasteiger partial charge in [0, 0.05) is 18.0 Å². The Bertz CT molecular complexity index is 368. The number of nitrogens with one attached hydrogen (secondary N) is 1. The van der Waals surface area contributed by atoms with Gasteiger partial charge in [0.15, 0.2) is 0 Å². The lowest BCUT2D eigenvalue weighted by atomic mass is 10.3. The molecule has 2 rings (SSSR count). The van der Waals surface area contributed by atoms with Crippen molar-refractivity contribution < 1.29 is 4.21 Å². The van der Waals surface area contributed by atoms with E-state index >= 15 is 0 Å². The highest BCUT2D eigenvalue weighted by Crippen LogP contribution is 2.11. The van der Waals surface area contributed by atoms with Crippen molar-refractivity contribution in [2.45, 2.75) is 23.9 Å².